The molecule has 0 radical (unpaired) electrons. The Morgan fingerprint density at radius 1 is 1.07 bits per heavy atom. The van der Waals surface area contributed by atoms with Gasteiger partial charge in [0.15, 0.2) is 5.69 Å². The molecule has 0 saturated carbocycles. The van der Waals surface area contributed by atoms with Crippen LogP contribution in [0.2, 0.25) is 5.02 Å². The fraction of sp³-hybridized carbons (Fsp3) is 0.0588. The van der Waals surface area contributed by atoms with Gasteiger partial charge in [0.1, 0.15) is 5.82 Å². The van der Waals surface area contributed by atoms with Crippen LogP contribution in [-0.2, 0) is 6.18 Å². The van der Waals surface area contributed by atoms with Gasteiger partial charge in [0.2, 0.25) is 0 Å². The molecule has 0 atom stereocenters. The Balaban J connectivity index is 1.89. The summed E-state index contributed by atoms with van der Waals surface area (Å²) in [7, 11) is 0. The van der Waals surface area contributed by atoms with E-state index in [1.165, 1.54) is 36.4 Å². The van der Waals surface area contributed by atoms with Gasteiger partial charge in [0.05, 0.1) is 17.6 Å². The number of benzene rings is 2. The Kier molecular flexibility index (Phi) is 5.04. The zero-order valence-corrected chi connectivity index (χ0v) is 14.1. The lowest BCUT2D eigenvalue weighted by Crippen LogP contribution is -2.22. The number of hydrogen-bond donors (Lipinski definition) is 2. The van der Waals surface area contributed by atoms with Gasteiger partial charge < -0.3 is 10.6 Å². The molecule has 2 N–H and O–H groups in total. The van der Waals surface area contributed by atoms with Crippen LogP contribution in [0.15, 0.2) is 54.7 Å². The first kappa shape index (κ1) is 18.7. The van der Waals surface area contributed by atoms with E-state index < -0.39 is 29.4 Å². The lowest BCUT2D eigenvalue weighted by Gasteiger charge is -2.13. The van der Waals surface area contributed by atoms with Crippen molar-refractivity contribution in [2.24, 2.45) is 0 Å². The molecule has 0 unspecified atom stereocenters. The number of anilines is 2. The van der Waals surface area contributed by atoms with Crippen molar-refractivity contribution < 1.29 is 22.4 Å². The van der Waals surface area contributed by atoms with E-state index in [1.54, 1.807) is 0 Å². The van der Waals surface area contributed by atoms with E-state index in [9.17, 15) is 22.4 Å². The molecule has 0 aliphatic rings. The maximum absolute atomic E-state index is 13.5. The van der Waals surface area contributed by atoms with Gasteiger partial charge in [0, 0.05) is 10.7 Å². The fourth-order valence-corrected chi connectivity index (χ4v) is 2.52. The summed E-state index contributed by atoms with van der Waals surface area (Å²) in [6.07, 6.45) is -3.91. The van der Waals surface area contributed by atoms with Crippen LogP contribution in [0.25, 0.3) is 5.69 Å². The molecule has 0 fully saturated rings. The molecule has 3 rings (SSSR count). The monoisotopic (exact) mass is 398 g/mol. The molecule has 2 amide bonds. The summed E-state index contributed by atoms with van der Waals surface area (Å²) < 4.78 is 54.1. The number of rotatable bonds is 3. The molecule has 1 aromatic heterocycles. The average molecular weight is 399 g/mol. The summed E-state index contributed by atoms with van der Waals surface area (Å²) in [5.41, 5.74) is -1.41. The predicted molar refractivity (Wildman–Crippen MR) is 92.6 cm³/mol. The van der Waals surface area contributed by atoms with Gasteiger partial charge >= 0.3 is 12.2 Å². The van der Waals surface area contributed by atoms with Crippen molar-refractivity contribution >= 4 is 29.0 Å². The third kappa shape index (κ3) is 4.37. The van der Waals surface area contributed by atoms with Crippen molar-refractivity contribution in [1.29, 1.82) is 0 Å². The second-order valence-electron chi connectivity index (χ2n) is 5.38. The zero-order valence-electron chi connectivity index (χ0n) is 13.4. The number of carbonyl (C=O) groups excluding carboxylic acids is 1. The average Bonchev–Trinajstić information content (AvgIpc) is 3.01. The molecule has 2 aromatic carbocycles. The highest BCUT2D eigenvalue weighted by Crippen LogP contribution is 2.36. The quantitative estimate of drug-likeness (QED) is 0.586. The molecular weight excluding hydrogens is 388 g/mol. The standard InChI is InChI=1S/C17H11ClF4N4O/c18-10-2-1-3-13(8-10)26-15(17(20,21)22)14(9-23-26)25-16(27)24-12-6-4-11(19)5-7-12/h1-9H,(H2,24,25,27). The van der Waals surface area contributed by atoms with E-state index in [-0.39, 0.29) is 16.4 Å². The third-order valence-corrected chi connectivity index (χ3v) is 3.68. The van der Waals surface area contributed by atoms with E-state index in [0.717, 1.165) is 18.3 Å². The van der Waals surface area contributed by atoms with Crippen molar-refractivity contribution in [2.45, 2.75) is 6.18 Å². The molecule has 3 aromatic rings. The van der Waals surface area contributed by atoms with E-state index in [4.69, 9.17) is 11.6 Å². The summed E-state index contributed by atoms with van der Waals surface area (Å²) in [6.45, 7) is 0. The molecule has 1 heterocycles. The normalized spacial score (nSPS) is 11.3. The molecule has 0 saturated heterocycles. The number of nitrogens with zero attached hydrogens (tertiary/aromatic N) is 2. The Morgan fingerprint density at radius 2 is 1.78 bits per heavy atom. The number of carbonyl (C=O) groups is 1. The lowest BCUT2D eigenvalue weighted by atomic mass is 10.3. The molecule has 27 heavy (non-hydrogen) atoms. The number of halogens is 5. The molecule has 5 nitrogen and oxygen atoms in total. The summed E-state index contributed by atoms with van der Waals surface area (Å²) in [4.78, 5) is 12.0. The Bertz CT molecular complexity index is 970. The molecule has 10 heteroatoms. The van der Waals surface area contributed by atoms with Gasteiger partial charge in [-0.25, -0.2) is 13.9 Å². The Morgan fingerprint density at radius 3 is 2.41 bits per heavy atom. The van der Waals surface area contributed by atoms with E-state index in [1.807, 2.05) is 0 Å². The first-order valence-corrected chi connectivity index (χ1v) is 7.86. The third-order valence-electron chi connectivity index (χ3n) is 3.44. The minimum Gasteiger partial charge on any atom is -0.308 e. The molecule has 0 spiro atoms. The highest BCUT2D eigenvalue weighted by Gasteiger charge is 2.39. The Labute approximate surface area is 155 Å². The number of nitrogens with one attached hydrogen (secondary N) is 2. The topological polar surface area (TPSA) is 59.0 Å². The van der Waals surface area contributed by atoms with Crippen LogP contribution in [0, 0.1) is 5.82 Å². The van der Waals surface area contributed by atoms with Crippen LogP contribution in [0.4, 0.5) is 33.7 Å². The first-order chi connectivity index (χ1) is 12.7. The SMILES string of the molecule is O=C(Nc1ccc(F)cc1)Nc1cnn(-c2cccc(Cl)c2)c1C(F)(F)F. The van der Waals surface area contributed by atoms with Gasteiger partial charge in [-0.3, -0.25) is 0 Å². The number of hydrogen-bond acceptors (Lipinski definition) is 2. The van der Waals surface area contributed by atoms with Crippen molar-refractivity contribution in [3.8, 4) is 5.69 Å². The van der Waals surface area contributed by atoms with Crippen LogP contribution in [0.5, 0.6) is 0 Å². The van der Waals surface area contributed by atoms with Gasteiger partial charge in [-0.2, -0.15) is 18.3 Å². The second kappa shape index (κ2) is 7.28. The minimum absolute atomic E-state index is 0.0850. The summed E-state index contributed by atoms with van der Waals surface area (Å²) in [5.74, 6) is -0.511. The van der Waals surface area contributed by atoms with Crippen molar-refractivity contribution in [3.05, 3.63) is 71.3 Å². The van der Waals surface area contributed by atoms with Crippen LogP contribution in [0.3, 0.4) is 0 Å². The summed E-state index contributed by atoms with van der Waals surface area (Å²) in [6, 6.07) is 9.53. The second-order valence-corrected chi connectivity index (χ2v) is 5.82. The van der Waals surface area contributed by atoms with Gasteiger partial charge in [-0.1, -0.05) is 17.7 Å². The van der Waals surface area contributed by atoms with Crippen LogP contribution in [-0.4, -0.2) is 15.8 Å². The smallest absolute Gasteiger partial charge is 0.308 e. The first-order valence-electron chi connectivity index (χ1n) is 7.49. The van der Waals surface area contributed by atoms with Crippen LogP contribution < -0.4 is 10.6 Å². The number of amides is 2. The van der Waals surface area contributed by atoms with Crippen LogP contribution >= 0.6 is 11.6 Å². The van der Waals surface area contributed by atoms with E-state index in [2.05, 4.69) is 15.7 Å². The van der Waals surface area contributed by atoms with Gasteiger partial charge in [0.25, 0.3) is 0 Å². The molecule has 0 aliphatic carbocycles. The van der Waals surface area contributed by atoms with E-state index in [0.29, 0.717) is 4.68 Å². The minimum atomic E-state index is -4.79. The predicted octanol–water partition coefficient (Wildman–Crippen LogP) is 5.33. The van der Waals surface area contributed by atoms with Gasteiger partial charge in [-0.15, -0.1) is 0 Å². The van der Waals surface area contributed by atoms with Crippen LogP contribution in [0.1, 0.15) is 5.69 Å². The number of urea groups is 1. The van der Waals surface area contributed by atoms with Gasteiger partial charge in [-0.05, 0) is 42.5 Å². The zero-order chi connectivity index (χ0) is 19.6. The number of alkyl halides is 3. The maximum Gasteiger partial charge on any atom is 0.435 e. The van der Waals surface area contributed by atoms with E-state index >= 15 is 0 Å². The van der Waals surface area contributed by atoms with Crippen molar-refractivity contribution in [1.82, 2.24) is 9.78 Å². The molecular formula is C17H11ClF4N4O. The summed E-state index contributed by atoms with van der Waals surface area (Å²) in [5, 5.41) is 8.36. The highest BCUT2D eigenvalue weighted by molar-refractivity contribution is 6.30. The summed E-state index contributed by atoms with van der Waals surface area (Å²) >= 11 is 5.83. The highest BCUT2D eigenvalue weighted by atomic mass is 35.5. The largest absolute Gasteiger partial charge is 0.435 e. The molecule has 140 valence electrons. The molecule has 0 aliphatic heterocycles. The molecule has 0 bridgehead atoms. The maximum atomic E-state index is 13.5. The Hall–Kier alpha value is -3.07. The number of aromatic nitrogens is 2. The van der Waals surface area contributed by atoms with Crippen molar-refractivity contribution in [3.63, 3.8) is 0 Å². The van der Waals surface area contributed by atoms with Crippen molar-refractivity contribution in [2.75, 3.05) is 10.6 Å². The lowest BCUT2D eigenvalue weighted by molar-refractivity contribution is -0.142. The fourth-order valence-electron chi connectivity index (χ4n) is 2.33.